The van der Waals surface area contributed by atoms with Crippen molar-refractivity contribution >= 4 is 44.2 Å². The number of halogens is 1. The molecule has 0 fully saturated rings. The highest BCUT2D eigenvalue weighted by Crippen LogP contribution is 2.32. The van der Waals surface area contributed by atoms with Crippen LogP contribution in [-0.4, -0.2) is 31.7 Å². The van der Waals surface area contributed by atoms with Crippen molar-refractivity contribution in [1.29, 1.82) is 0 Å². The summed E-state index contributed by atoms with van der Waals surface area (Å²) in [6.45, 7) is 2.42. The first-order chi connectivity index (χ1) is 12.1. The van der Waals surface area contributed by atoms with Crippen LogP contribution in [0.4, 0.5) is 5.13 Å². The maximum atomic E-state index is 13.0. The van der Waals surface area contributed by atoms with Gasteiger partial charge in [-0.05, 0) is 43.3 Å². The number of amides is 1. The fraction of sp³-hybridized carbons (Fsp3) is 0.222. The molecule has 3 aromatic rings. The van der Waals surface area contributed by atoms with Crippen molar-refractivity contribution in [3.63, 3.8) is 0 Å². The van der Waals surface area contributed by atoms with Gasteiger partial charge in [0.25, 0.3) is 5.91 Å². The molecule has 2 aromatic carbocycles. The number of hydrogen-bond acceptors (Lipinski definition) is 5. The predicted molar refractivity (Wildman–Crippen MR) is 102 cm³/mol. The Morgan fingerprint density at radius 3 is 2.60 bits per heavy atom. The second-order valence-corrected chi connectivity index (χ2v) is 6.67. The number of methoxy groups -OCH3 is 2. The van der Waals surface area contributed by atoms with Crippen molar-refractivity contribution in [2.75, 3.05) is 25.7 Å². The van der Waals surface area contributed by atoms with Gasteiger partial charge in [0.15, 0.2) is 16.6 Å². The molecule has 130 valence electrons. The van der Waals surface area contributed by atoms with Crippen LogP contribution in [0.5, 0.6) is 11.5 Å². The van der Waals surface area contributed by atoms with Gasteiger partial charge in [-0.3, -0.25) is 9.69 Å². The van der Waals surface area contributed by atoms with Crippen LogP contribution in [0, 0.1) is 0 Å². The van der Waals surface area contributed by atoms with E-state index in [9.17, 15) is 4.79 Å². The van der Waals surface area contributed by atoms with Crippen LogP contribution >= 0.6 is 22.9 Å². The average Bonchev–Trinajstić information content (AvgIpc) is 3.04. The summed E-state index contributed by atoms with van der Waals surface area (Å²) in [5.41, 5.74) is 1.29. The number of carbonyl (C=O) groups is 1. The van der Waals surface area contributed by atoms with Crippen molar-refractivity contribution in [2.24, 2.45) is 0 Å². The van der Waals surface area contributed by atoms with Gasteiger partial charge in [-0.2, -0.15) is 0 Å². The van der Waals surface area contributed by atoms with Crippen LogP contribution < -0.4 is 14.4 Å². The topological polar surface area (TPSA) is 51.7 Å². The Hall–Kier alpha value is -2.31. The first kappa shape index (κ1) is 17.5. The van der Waals surface area contributed by atoms with E-state index in [1.165, 1.54) is 11.3 Å². The fourth-order valence-electron chi connectivity index (χ4n) is 2.49. The first-order valence-electron chi connectivity index (χ1n) is 7.67. The standard InChI is InChI=1S/C18H17ClN2O3S/c1-4-21(18-20-13-10-12(19)6-8-16(13)25-18)17(22)11-5-7-14(23-2)15(9-11)24-3/h5-10H,4H2,1-3H3. The quantitative estimate of drug-likeness (QED) is 0.651. The zero-order chi connectivity index (χ0) is 18.0. The third-order valence-electron chi connectivity index (χ3n) is 3.76. The second-order valence-electron chi connectivity index (χ2n) is 5.23. The van der Waals surface area contributed by atoms with E-state index < -0.39 is 0 Å². The summed E-state index contributed by atoms with van der Waals surface area (Å²) < 4.78 is 11.5. The van der Waals surface area contributed by atoms with Gasteiger partial charge in [0, 0.05) is 17.1 Å². The Labute approximate surface area is 154 Å². The Bertz CT molecular complexity index is 926. The van der Waals surface area contributed by atoms with Gasteiger partial charge in [0.2, 0.25) is 0 Å². The number of rotatable bonds is 5. The third-order valence-corrected chi connectivity index (χ3v) is 5.06. The second kappa shape index (κ2) is 7.29. The molecule has 7 heteroatoms. The zero-order valence-corrected chi connectivity index (χ0v) is 15.6. The minimum atomic E-state index is -0.145. The van der Waals surface area contributed by atoms with Crippen molar-refractivity contribution in [1.82, 2.24) is 4.98 Å². The maximum Gasteiger partial charge on any atom is 0.260 e. The van der Waals surface area contributed by atoms with Gasteiger partial charge in [-0.15, -0.1) is 0 Å². The molecule has 0 aliphatic carbocycles. The van der Waals surface area contributed by atoms with E-state index in [4.69, 9.17) is 21.1 Å². The first-order valence-corrected chi connectivity index (χ1v) is 8.86. The van der Waals surface area contributed by atoms with Crippen molar-refractivity contribution in [3.05, 3.63) is 47.0 Å². The molecule has 0 aliphatic rings. The van der Waals surface area contributed by atoms with Gasteiger partial charge in [-0.25, -0.2) is 4.98 Å². The van der Waals surface area contributed by atoms with E-state index in [2.05, 4.69) is 4.98 Å². The molecule has 3 rings (SSSR count). The molecule has 0 unspecified atom stereocenters. The molecule has 0 spiro atoms. The molecule has 0 radical (unpaired) electrons. The van der Waals surface area contributed by atoms with Crippen LogP contribution in [-0.2, 0) is 0 Å². The van der Waals surface area contributed by atoms with E-state index in [0.717, 1.165) is 10.2 Å². The summed E-state index contributed by atoms with van der Waals surface area (Å²) in [5.74, 6) is 0.950. The number of nitrogens with zero attached hydrogens (tertiary/aromatic N) is 2. The molecule has 25 heavy (non-hydrogen) atoms. The molecule has 0 saturated carbocycles. The lowest BCUT2D eigenvalue weighted by Gasteiger charge is -2.18. The maximum absolute atomic E-state index is 13.0. The lowest BCUT2D eigenvalue weighted by atomic mass is 10.1. The van der Waals surface area contributed by atoms with Crippen LogP contribution in [0.3, 0.4) is 0 Å². The summed E-state index contributed by atoms with van der Waals surface area (Å²) in [5, 5.41) is 1.26. The van der Waals surface area contributed by atoms with Gasteiger partial charge >= 0.3 is 0 Å². The molecular formula is C18H17ClN2O3S. The Kier molecular flexibility index (Phi) is 5.11. The van der Waals surface area contributed by atoms with Crippen molar-refractivity contribution < 1.29 is 14.3 Å². The minimum absolute atomic E-state index is 0.145. The Balaban J connectivity index is 1.97. The molecule has 1 heterocycles. The molecule has 0 saturated heterocycles. The molecule has 1 amide bonds. The van der Waals surface area contributed by atoms with E-state index in [1.807, 2.05) is 19.1 Å². The Morgan fingerprint density at radius 1 is 1.16 bits per heavy atom. The van der Waals surface area contributed by atoms with Crippen LogP contribution in [0.25, 0.3) is 10.2 Å². The summed E-state index contributed by atoms with van der Waals surface area (Å²) in [7, 11) is 3.10. The third kappa shape index (κ3) is 3.41. The highest BCUT2D eigenvalue weighted by atomic mass is 35.5. The number of anilines is 1. The number of benzene rings is 2. The van der Waals surface area contributed by atoms with Gasteiger partial charge < -0.3 is 9.47 Å². The van der Waals surface area contributed by atoms with Gasteiger partial charge in [0.1, 0.15) is 0 Å². The number of thiazole rings is 1. The molecule has 0 bridgehead atoms. The Morgan fingerprint density at radius 2 is 1.92 bits per heavy atom. The molecule has 0 aliphatic heterocycles. The zero-order valence-electron chi connectivity index (χ0n) is 14.1. The summed E-state index contributed by atoms with van der Waals surface area (Å²) >= 11 is 7.48. The highest BCUT2D eigenvalue weighted by molar-refractivity contribution is 7.22. The largest absolute Gasteiger partial charge is 0.493 e. The summed E-state index contributed by atoms with van der Waals surface area (Å²) in [4.78, 5) is 19.1. The summed E-state index contributed by atoms with van der Waals surface area (Å²) in [6.07, 6.45) is 0. The van der Waals surface area contributed by atoms with Gasteiger partial charge in [0.05, 0.1) is 24.4 Å². The van der Waals surface area contributed by atoms with Crippen molar-refractivity contribution in [2.45, 2.75) is 6.92 Å². The number of carbonyl (C=O) groups excluding carboxylic acids is 1. The molecule has 0 atom stereocenters. The van der Waals surface area contributed by atoms with E-state index in [0.29, 0.717) is 33.8 Å². The van der Waals surface area contributed by atoms with Crippen LogP contribution in [0.15, 0.2) is 36.4 Å². The van der Waals surface area contributed by atoms with E-state index in [1.54, 1.807) is 43.4 Å². The minimum Gasteiger partial charge on any atom is -0.493 e. The fourth-order valence-corrected chi connectivity index (χ4v) is 3.67. The number of hydrogen-bond donors (Lipinski definition) is 0. The molecular weight excluding hydrogens is 360 g/mol. The molecule has 0 N–H and O–H groups in total. The summed E-state index contributed by atoms with van der Waals surface area (Å²) in [6, 6.07) is 10.6. The number of aromatic nitrogens is 1. The van der Waals surface area contributed by atoms with Crippen molar-refractivity contribution in [3.8, 4) is 11.5 Å². The lowest BCUT2D eigenvalue weighted by Crippen LogP contribution is -2.30. The lowest BCUT2D eigenvalue weighted by molar-refractivity contribution is 0.0988. The number of fused-ring (bicyclic) bond motifs is 1. The molecule has 1 aromatic heterocycles. The van der Waals surface area contributed by atoms with E-state index in [-0.39, 0.29) is 5.91 Å². The number of ether oxygens (including phenoxy) is 2. The molecule has 5 nitrogen and oxygen atoms in total. The van der Waals surface area contributed by atoms with E-state index >= 15 is 0 Å². The average molecular weight is 377 g/mol. The predicted octanol–water partition coefficient (Wildman–Crippen LogP) is 4.63. The smallest absolute Gasteiger partial charge is 0.260 e. The van der Waals surface area contributed by atoms with Crippen LogP contribution in [0.2, 0.25) is 5.02 Å². The monoisotopic (exact) mass is 376 g/mol. The van der Waals surface area contributed by atoms with Crippen LogP contribution in [0.1, 0.15) is 17.3 Å². The SMILES string of the molecule is CCN(C(=O)c1ccc(OC)c(OC)c1)c1nc2cc(Cl)ccc2s1. The highest BCUT2D eigenvalue weighted by Gasteiger charge is 2.21. The van der Waals surface area contributed by atoms with Gasteiger partial charge in [-0.1, -0.05) is 22.9 Å². The normalized spacial score (nSPS) is 10.7.